The highest BCUT2D eigenvalue weighted by molar-refractivity contribution is 7.14. The molecule has 0 saturated heterocycles. The smallest absolute Gasteiger partial charge is 0.302 e. The summed E-state index contributed by atoms with van der Waals surface area (Å²) in [7, 11) is 1.24. The molecule has 1 aromatic carbocycles. The van der Waals surface area contributed by atoms with Crippen LogP contribution in [0.1, 0.15) is 11.1 Å². The number of aromatic nitrogens is 5. The molecule has 0 aliphatic heterocycles. The van der Waals surface area contributed by atoms with E-state index >= 15 is 0 Å². The summed E-state index contributed by atoms with van der Waals surface area (Å²) in [4.78, 5) is 42.9. The highest BCUT2D eigenvalue weighted by Gasteiger charge is 2.38. The number of aromatic amines is 1. The van der Waals surface area contributed by atoms with Gasteiger partial charge in [-0.05, 0) is 17.7 Å². The Bertz CT molecular complexity index is 1540. The first-order valence-electron chi connectivity index (χ1n) is 9.21. The van der Waals surface area contributed by atoms with Crippen LogP contribution in [-0.4, -0.2) is 30.6 Å². The zero-order chi connectivity index (χ0) is 24.8. The lowest BCUT2D eigenvalue weighted by Gasteiger charge is -2.10. The molecule has 0 saturated carbocycles. The Balaban J connectivity index is 1.57. The molecule has 2 N–H and O–H groups in total. The Labute approximate surface area is 188 Å². The van der Waals surface area contributed by atoms with Gasteiger partial charge in [0.25, 0.3) is 5.56 Å². The standard InChI is InChI=1S/C19H11F5N6O3S/c1-30-16(32)13-8(5-25-29-15(13)28-18(30)33)4-12(31)27-17-26-11(6-34-17)7-2-9(20)14(10(21)3-7)19(22,23)24/h2-3,5-6H,4H2,1H3,(H,26,27,31)(H,28,29,33). The van der Waals surface area contributed by atoms with Gasteiger partial charge in [-0.2, -0.15) is 18.3 Å². The van der Waals surface area contributed by atoms with Crippen molar-refractivity contribution in [3.63, 3.8) is 0 Å². The fraction of sp³-hybridized carbons (Fsp3) is 0.158. The molecule has 3 aromatic heterocycles. The van der Waals surface area contributed by atoms with Crippen molar-refractivity contribution in [2.45, 2.75) is 12.6 Å². The van der Waals surface area contributed by atoms with E-state index in [1.807, 2.05) is 0 Å². The molecule has 0 aliphatic rings. The summed E-state index contributed by atoms with van der Waals surface area (Å²) >= 11 is 0.864. The zero-order valence-corrected chi connectivity index (χ0v) is 17.6. The topological polar surface area (TPSA) is 123 Å². The maximum atomic E-state index is 13.9. The van der Waals surface area contributed by atoms with Crippen LogP contribution in [0.15, 0.2) is 33.3 Å². The number of nitrogens with one attached hydrogen (secondary N) is 2. The lowest BCUT2D eigenvalue weighted by Crippen LogP contribution is -2.33. The van der Waals surface area contributed by atoms with Crippen LogP contribution in [0, 0.1) is 11.6 Å². The molecule has 4 aromatic rings. The monoisotopic (exact) mass is 498 g/mol. The molecule has 9 nitrogen and oxygen atoms in total. The molecule has 15 heteroatoms. The van der Waals surface area contributed by atoms with Gasteiger partial charge >= 0.3 is 11.9 Å². The van der Waals surface area contributed by atoms with E-state index in [0.717, 1.165) is 15.9 Å². The Morgan fingerprint density at radius 3 is 2.53 bits per heavy atom. The number of carbonyl (C=O) groups is 1. The molecule has 4 rings (SSSR count). The Morgan fingerprint density at radius 1 is 1.21 bits per heavy atom. The largest absolute Gasteiger partial charge is 0.422 e. The molecule has 34 heavy (non-hydrogen) atoms. The average Bonchev–Trinajstić information content (AvgIpc) is 3.18. The first-order chi connectivity index (χ1) is 16.0. The van der Waals surface area contributed by atoms with Gasteiger partial charge in [0, 0.05) is 18.0 Å². The fourth-order valence-corrected chi connectivity index (χ4v) is 3.86. The van der Waals surface area contributed by atoms with Crippen molar-refractivity contribution >= 4 is 33.4 Å². The number of thiazole rings is 1. The minimum atomic E-state index is -5.20. The zero-order valence-electron chi connectivity index (χ0n) is 16.8. The molecule has 0 aliphatic carbocycles. The molecule has 0 unspecified atom stereocenters. The van der Waals surface area contributed by atoms with Crippen LogP contribution in [0.5, 0.6) is 0 Å². The molecule has 176 valence electrons. The van der Waals surface area contributed by atoms with Crippen molar-refractivity contribution in [3.05, 3.63) is 67.3 Å². The number of rotatable bonds is 4. The number of fused-ring (bicyclic) bond motifs is 1. The number of benzene rings is 1. The van der Waals surface area contributed by atoms with E-state index in [9.17, 15) is 36.3 Å². The summed E-state index contributed by atoms with van der Waals surface area (Å²) in [5.41, 5.74) is -3.64. The predicted octanol–water partition coefficient (Wildman–Crippen LogP) is 2.62. The van der Waals surface area contributed by atoms with Gasteiger partial charge in [-0.25, -0.2) is 18.6 Å². The van der Waals surface area contributed by atoms with E-state index in [0.29, 0.717) is 12.1 Å². The van der Waals surface area contributed by atoms with Gasteiger partial charge < -0.3 is 5.32 Å². The summed E-state index contributed by atoms with van der Waals surface area (Å²) in [6.45, 7) is 0. The number of hydrogen-bond donors (Lipinski definition) is 2. The maximum Gasteiger partial charge on any atom is 0.422 e. The van der Waals surface area contributed by atoms with Gasteiger partial charge in [-0.15, -0.1) is 16.4 Å². The van der Waals surface area contributed by atoms with E-state index in [4.69, 9.17) is 0 Å². The molecule has 1 amide bonds. The number of hydrogen-bond acceptors (Lipinski definition) is 7. The van der Waals surface area contributed by atoms with Crippen molar-refractivity contribution in [2.24, 2.45) is 7.05 Å². The Kier molecular flexibility index (Phi) is 5.72. The number of alkyl halides is 3. The van der Waals surface area contributed by atoms with Crippen LogP contribution in [0.4, 0.5) is 27.1 Å². The Morgan fingerprint density at radius 2 is 1.88 bits per heavy atom. The van der Waals surface area contributed by atoms with Crippen molar-refractivity contribution in [3.8, 4) is 11.3 Å². The minimum absolute atomic E-state index is 0.00616. The molecule has 0 spiro atoms. The highest BCUT2D eigenvalue weighted by Crippen LogP contribution is 2.36. The van der Waals surface area contributed by atoms with Crippen LogP contribution in [0.2, 0.25) is 0 Å². The number of H-pyrrole nitrogens is 1. The van der Waals surface area contributed by atoms with E-state index in [2.05, 4.69) is 25.5 Å². The quantitative estimate of drug-likeness (QED) is 0.417. The fourth-order valence-electron chi connectivity index (χ4n) is 3.12. The summed E-state index contributed by atoms with van der Waals surface area (Å²) in [5.74, 6) is -4.23. The second-order valence-electron chi connectivity index (χ2n) is 6.96. The van der Waals surface area contributed by atoms with E-state index in [1.165, 1.54) is 18.6 Å². The number of nitrogens with zero attached hydrogens (tertiary/aromatic N) is 4. The number of amides is 1. The van der Waals surface area contributed by atoms with Gasteiger partial charge in [0.2, 0.25) is 5.91 Å². The molecule has 0 bridgehead atoms. The van der Waals surface area contributed by atoms with Gasteiger partial charge in [0.1, 0.15) is 17.2 Å². The second kappa shape index (κ2) is 8.40. The van der Waals surface area contributed by atoms with Crippen molar-refractivity contribution in [1.29, 1.82) is 0 Å². The third kappa shape index (κ3) is 4.28. The molecule has 0 fully saturated rings. The summed E-state index contributed by atoms with van der Waals surface area (Å²) < 4.78 is 66.7. The second-order valence-corrected chi connectivity index (χ2v) is 7.82. The van der Waals surface area contributed by atoms with Gasteiger partial charge in [0.05, 0.1) is 23.7 Å². The average molecular weight is 498 g/mol. The third-order valence-corrected chi connectivity index (χ3v) is 5.46. The molecule has 0 radical (unpaired) electrons. The number of halogens is 5. The lowest BCUT2D eigenvalue weighted by atomic mass is 10.1. The van der Waals surface area contributed by atoms with Crippen molar-refractivity contribution < 1.29 is 26.7 Å². The number of anilines is 1. The van der Waals surface area contributed by atoms with E-state index < -0.39 is 40.5 Å². The van der Waals surface area contributed by atoms with Crippen LogP contribution in [0.25, 0.3) is 22.3 Å². The summed E-state index contributed by atoms with van der Waals surface area (Å²) in [6.07, 6.45) is -4.37. The van der Waals surface area contributed by atoms with E-state index in [1.54, 1.807) is 0 Å². The maximum absolute atomic E-state index is 13.9. The normalized spacial score (nSPS) is 11.7. The van der Waals surface area contributed by atoms with Gasteiger partial charge in [0.15, 0.2) is 10.8 Å². The molecule has 3 heterocycles. The first kappa shape index (κ1) is 23.2. The summed E-state index contributed by atoms with van der Waals surface area (Å²) in [6, 6.07) is 0.996. The SMILES string of the molecule is Cn1c(=O)[nH]c2nncc(CC(=O)Nc3nc(-c4cc(F)c(C(F)(F)F)c(F)c4)cs3)c2c1=O. The summed E-state index contributed by atoms with van der Waals surface area (Å²) in [5, 5.41) is 11.0. The van der Waals surface area contributed by atoms with Gasteiger partial charge in [-0.1, -0.05) is 0 Å². The van der Waals surface area contributed by atoms with Crippen LogP contribution in [0.3, 0.4) is 0 Å². The minimum Gasteiger partial charge on any atom is -0.302 e. The Hall–Kier alpha value is -4.01. The van der Waals surface area contributed by atoms with Gasteiger partial charge in [-0.3, -0.25) is 19.1 Å². The number of carbonyl (C=O) groups excluding carboxylic acids is 1. The van der Waals surface area contributed by atoms with E-state index in [-0.39, 0.29) is 39.4 Å². The highest BCUT2D eigenvalue weighted by atomic mass is 32.1. The van der Waals surface area contributed by atoms with Crippen molar-refractivity contribution in [2.75, 3.05) is 5.32 Å². The molecular formula is C19H11F5N6O3S. The van der Waals surface area contributed by atoms with Crippen LogP contribution in [-0.2, 0) is 24.4 Å². The first-order valence-corrected chi connectivity index (χ1v) is 10.1. The molecular weight excluding hydrogens is 487 g/mol. The third-order valence-electron chi connectivity index (χ3n) is 4.70. The molecule has 0 atom stereocenters. The van der Waals surface area contributed by atoms with Crippen LogP contribution >= 0.6 is 11.3 Å². The van der Waals surface area contributed by atoms with Crippen molar-refractivity contribution in [1.82, 2.24) is 24.7 Å². The van der Waals surface area contributed by atoms with Crippen LogP contribution < -0.4 is 16.6 Å². The predicted molar refractivity (Wildman–Crippen MR) is 110 cm³/mol. The lowest BCUT2D eigenvalue weighted by molar-refractivity contribution is -0.142.